The molecule has 1 fully saturated rings. The molecule has 2 rings (SSSR count). The molecule has 1 aromatic rings. The number of hydrogen-bond acceptors (Lipinski definition) is 4. The normalized spacial score (nSPS) is 18.2. The number of ether oxygens (including phenoxy) is 1. The molecular weight excluding hydrogens is 192 g/mol. The molecule has 0 amide bonds. The molecule has 0 atom stereocenters. The van der Waals surface area contributed by atoms with E-state index in [1.165, 1.54) is 0 Å². The number of nitrogens with one attached hydrogen (secondary N) is 1. The Morgan fingerprint density at radius 2 is 2.20 bits per heavy atom. The minimum Gasteiger partial charge on any atom is -0.379 e. The van der Waals surface area contributed by atoms with Crippen LogP contribution in [0.3, 0.4) is 0 Å². The summed E-state index contributed by atoms with van der Waals surface area (Å²) in [7, 11) is 0. The van der Waals surface area contributed by atoms with Crippen LogP contribution in [0.15, 0.2) is 0 Å². The SMILES string of the molecule is CCc1n[nH]c(CCN2CCOCC2)n1. The first-order chi connectivity index (χ1) is 7.38. The quantitative estimate of drug-likeness (QED) is 0.773. The maximum absolute atomic E-state index is 5.30. The fourth-order valence-electron chi connectivity index (χ4n) is 1.69. The molecule has 1 N–H and O–H groups in total. The first-order valence-corrected chi connectivity index (χ1v) is 5.58. The monoisotopic (exact) mass is 210 g/mol. The predicted octanol–water partition coefficient (Wildman–Crippen LogP) is 0.242. The molecule has 0 spiro atoms. The van der Waals surface area contributed by atoms with Gasteiger partial charge in [0.05, 0.1) is 13.2 Å². The molecule has 0 bridgehead atoms. The maximum Gasteiger partial charge on any atom is 0.150 e. The molecule has 84 valence electrons. The lowest BCUT2D eigenvalue weighted by atomic mass is 10.3. The average molecular weight is 210 g/mol. The predicted molar refractivity (Wildman–Crippen MR) is 56.7 cm³/mol. The summed E-state index contributed by atoms with van der Waals surface area (Å²) in [5.74, 6) is 1.91. The third-order valence-corrected chi connectivity index (χ3v) is 2.66. The summed E-state index contributed by atoms with van der Waals surface area (Å²) in [6.45, 7) is 6.90. The number of nitrogens with zero attached hydrogens (tertiary/aromatic N) is 3. The van der Waals surface area contributed by atoms with Gasteiger partial charge in [-0.1, -0.05) is 6.92 Å². The standard InChI is InChI=1S/C10H18N4O/c1-2-9-11-10(13-12-9)3-4-14-5-7-15-8-6-14/h2-8H2,1H3,(H,11,12,13). The number of hydrogen-bond donors (Lipinski definition) is 1. The highest BCUT2D eigenvalue weighted by atomic mass is 16.5. The number of aryl methyl sites for hydroxylation is 1. The molecule has 2 heterocycles. The van der Waals surface area contributed by atoms with E-state index in [2.05, 4.69) is 27.0 Å². The second-order valence-electron chi connectivity index (χ2n) is 3.76. The van der Waals surface area contributed by atoms with Crippen molar-refractivity contribution in [1.82, 2.24) is 20.1 Å². The van der Waals surface area contributed by atoms with E-state index in [1.54, 1.807) is 0 Å². The lowest BCUT2D eigenvalue weighted by Crippen LogP contribution is -2.37. The van der Waals surface area contributed by atoms with Crippen LogP contribution in [0, 0.1) is 0 Å². The molecule has 0 aromatic carbocycles. The molecular formula is C10H18N4O. The Kier molecular flexibility index (Phi) is 3.69. The largest absolute Gasteiger partial charge is 0.379 e. The van der Waals surface area contributed by atoms with Crippen molar-refractivity contribution in [2.24, 2.45) is 0 Å². The van der Waals surface area contributed by atoms with Gasteiger partial charge < -0.3 is 4.74 Å². The minimum atomic E-state index is 0.858. The number of morpholine rings is 1. The number of rotatable bonds is 4. The van der Waals surface area contributed by atoms with Gasteiger partial charge in [-0.25, -0.2) is 4.98 Å². The second kappa shape index (κ2) is 5.23. The van der Waals surface area contributed by atoms with Gasteiger partial charge in [0, 0.05) is 32.5 Å². The summed E-state index contributed by atoms with van der Waals surface area (Å²) >= 11 is 0. The highest BCUT2D eigenvalue weighted by Crippen LogP contribution is 2.00. The number of H-pyrrole nitrogens is 1. The van der Waals surface area contributed by atoms with Crippen LogP contribution >= 0.6 is 0 Å². The van der Waals surface area contributed by atoms with Crippen molar-refractivity contribution >= 4 is 0 Å². The summed E-state index contributed by atoms with van der Waals surface area (Å²) < 4.78 is 5.30. The lowest BCUT2D eigenvalue weighted by Gasteiger charge is -2.25. The van der Waals surface area contributed by atoms with Crippen LogP contribution in [0.4, 0.5) is 0 Å². The third kappa shape index (κ3) is 3.00. The fraction of sp³-hybridized carbons (Fsp3) is 0.800. The van der Waals surface area contributed by atoms with Gasteiger partial charge in [0.25, 0.3) is 0 Å². The zero-order valence-electron chi connectivity index (χ0n) is 9.20. The van der Waals surface area contributed by atoms with E-state index in [4.69, 9.17) is 4.74 Å². The average Bonchev–Trinajstić information content (AvgIpc) is 2.76. The Hall–Kier alpha value is -0.940. The van der Waals surface area contributed by atoms with Crippen molar-refractivity contribution in [1.29, 1.82) is 0 Å². The highest BCUT2D eigenvalue weighted by Gasteiger charge is 2.10. The van der Waals surface area contributed by atoms with Crippen LogP contribution in [0.25, 0.3) is 0 Å². The Morgan fingerprint density at radius 3 is 2.87 bits per heavy atom. The van der Waals surface area contributed by atoms with Crippen molar-refractivity contribution in [3.05, 3.63) is 11.6 Å². The Balaban J connectivity index is 1.76. The topological polar surface area (TPSA) is 54.0 Å². The van der Waals surface area contributed by atoms with Crippen LogP contribution in [0.2, 0.25) is 0 Å². The molecule has 1 aliphatic heterocycles. The molecule has 1 aliphatic rings. The van der Waals surface area contributed by atoms with Gasteiger partial charge in [0.2, 0.25) is 0 Å². The Bertz CT molecular complexity index is 293. The van der Waals surface area contributed by atoms with Crippen LogP contribution in [-0.2, 0) is 17.6 Å². The van der Waals surface area contributed by atoms with E-state index in [0.29, 0.717) is 0 Å². The number of aromatic nitrogens is 3. The molecule has 5 nitrogen and oxygen atoms in total. The van der Waals surface area contributed by atoms with Gasteiger partial charge in [0.1, 0.15) is 11.6 Å². The van der Waals surface area contributed by atoms with Crippen molar-refractivity contribution in [3.8, 4) is 0 Å². The molecule has 0 aliphatic carbocycles. The van der Waals surface area contributed by atoms with Crippen molar-refractivity contribution in [2.45, 2.75) is 19.8 Å². The third-order valence-electron chi connectivity index (χ3n) is 2.66. The fourth-order valence-corrected chi connectivity index (χ4v) is 1.69. The summed E-state index contributed by atoms with van der Waals surface area (Å²) in [6, 6.07) is 0. The molecule has 1 aromatic heterocycles. The lowest BCUT2D eigenvalue weighted by molar-refractivity contribution is 0.0382. The van der Waals surface area contributed by atoms with Gasteiger partial charge in [0.15, 0.2) is 0 Å². The van der Waals surface area contributed by atoms with Crippen molar-refractivity contribution in [2.75, 3.05) is 32.8 Å². The Morgan fingerprint density at radius 1 is 1.40 bits per heavy atom. The molecule has 5 heteroatoms. The minimum absolute atomic E-state index is 0.858. The molecule has 0 unspecified atom stereocenters. The van der Waals surface area contributed by atoms with Gasteiger partial charge in [-0.15, -0.1) is 0 Å². The summed E-state index contributed by atoms with van der Waals surface area (Å²) in [4.78, 5) is 6.79. The zero-order chi connectivity index (χ0) is 10.5. The second-order valence-corrected chi connectivity index (χ2v) is 3.76. The zero-order valence-corrected chi connectivity index (χ0v) is 9.20. The first kappa shape index (κ1) is 10.6. The molecule has 0 radical (unpaired) electrons. The van der Waals surface area contributed by atoms with E-state index in [-0.39, 0.29) is 0 Å². The van der Waals surface area contributed by atoms with E-state index >= 15 is 0 Å². The van der Waals surface area contributed by atoms with Gasteiger partial charge >= 0.3 is 0 Å². The van der Waals surface area contributed by atoms with Gasteiger partial charge in [-0.3, -0.25) is 10.00 Å². The summed E-state index contributed by atoms with van der Waals surface area (Å²) in [6.07, 6.45) is 1.85. The van der Waals surface area contributed by atoms with Crippen LogP contribution in [0.1, 0.15) is 18.6 Å². The molecule has 1 saturated heterocycles. The van der Waals surface area contributed by atoms with Crippen LogP contribution in [0.5, 0.6) is 0 Å². The van der Waals surface area contributed by atoms with Crippen LogP contribution in [-0.4, -0.2) is 52.9 Å². The molecule has 0 saturated carbocycles. The number of aromatic amines is 1. The van der Waals surface area contributed by atoms with E-state index in [0.717, 1.165) is 57.3 Å². The summed E-state index contributed by atoms with van der Waals surface area (Å²) in [5.41, 5.74) is 0. The van der Waals surface area contributed by atoms with Crippen molar-refractivity contribution < 1.29 is 4.74 Å². The first-order valence-electron chi connectivity index (χ1n) is 5.58. The highest BCUT2D eigenvalue weighted by molar-refractivity contribution is 4.90. The van der Waals surface area contributed by atoms with E-state index in [9.17, 15) is 0 Å². The van der Waals surface area contributed by atoms with E-state index < -0.39 is 0 Å². The maximum atomic E-state index is 5.30. The van der Waals surface area contributed by atoms with Crippen molar-refractivity contribution in [3.63, 3.8) is 0 Å². The van der Waals surface area contributed by atoms with E-state index in [1.807, 2.05) is 0 Å². The van der Waals surface area contributed by atoms with Gasteiger partial charge in [-0.2, -0.15) is 5.10 Å². The van der Waals surface area contributed by atoms with Crippen LogP contribution < -0.4 is 0 Å². The summed E-state index contributed by atoms with van der Waals surface area (Å²) in [5, 5.41) is 7.10. The van der Waals surface area contributed by atoms with Gasteiger partial charge in [-0.05, 0) is 0 Å². The Labute approximate surface area is 89.8 Å². The smallest absolute Gasteiger partial charge is 0.150 e. The molecule has 15 heavy (non-hydrogen) atoms.